The summed E-state index contributed by atoms with van der Waals surface area (Å²) in [6.45, 7) is 1.81. The van der Waals surface area contributed by atoms with E-state index in [1.54, 1.807) is 11.8 Å². The molecule has 17 heavy (non-hydrogen) atoms. The van der Waals surface area contributed by atoms with E-state index in [-0.39, 0.29) is 19.3 Å². The van der Waals surface area contributed by atoms with E-state index < -0.39 is 0 Å². The third-order valence-corrected chi connectivity index (χ3v) is 2.29. The Morgan fingerprint density at radius 1 is 1.53 bits per heavy atom. The van der Waals surface area contributed by atoms with Gasteiger partial charge in [0.2, 0.25) is 0 Å². The third kappa shape index (κ3) is 5.22. The molecule has 1 rings (SSSR count). The van der Waals surface area contributed by atoms with Crippen LogP contribution in [0.3, 0.4) is 0 Å². The van der Waals surface area contributed by atoms with Crippen LogP contribution in [0.2, 0.25) is 0 Å². The number of hydrogen-bond donors (Lipinski definition) is 3. The molecule has 0 amide bonds. The van der Waals surface area contributed by atoms with E-state index in [1.807, 2.05) is 6.20 Å². The van der Waals surface area contributed by atoms with Crippen molar-refractivity contribution in [1.29, 1.82) is 0 Å². The maximum atomic E-state index is 9.04. The third-order valence-electron chi connectivity index (χ3n) is 2.29. The largest absolute Gasteiger partial charge is 0.396 e. The number of ether oxygens (including phenoxy) is 1. The van der Waals surface area contributed by atoms with E-state index in [9.17, 15) is 0 Å². The summed E-state index contributed by atoms with van der Waals surface area (Å²) in [5, 5.41) is 28.8. The highest BCUT2D eigenvalue weighted by atomic mass is 16.5. The van der Waals surface area contributed by atoms with E-state index in [4.69, 9.17) is 14.9 Å². The highest BCUT2D eigenvalue weighted by Gasteiger charge is 2.07. The Morgan fingerprint density at radius 3 is 3.00 bits per heavy atom. The number of nitrogens with one attached hydrogen (secondary N) is 1. The lowest BCUT2D eigenvalue weighted by atomic mass is 10.3. The molecule has 1 atom stereocenters. The molecule has 0 aliphatic carbocycles. The van der Waals surface area contributed by atoms with Crippen molar-refractivity contribution >= 4 is 0 Å². The maximum absolute atomic E-state index is 9.04. The molecule has 0 fully saturated rings. The molecule has 7 nitrogen and oxygen atoms in total. The lowest BCUT2D eigenvalue weighted by Gasteiger charge is -2.13. The van der Waals surface area contributed by atoms with Gasteiger partial charge in [-0.25, -0.2) is 0 Å². The minimum atomic E-state index is -0.0948. The Hall–Kier alpha value is -1.02. The highest BCUT2D eigenvalue weighted by Crippen LogP contribution is 1.95. The fraction of sp³-hybridized carbons (Fsp3) is 0.800. The fourth-order valence-electron chi connectivity index (χ4n) is 1.39. The number of aliphatic hydroxyl groups excluding tert-OH is 2. The number of nitrogens with zero attached hydrogens (tertiary/aromatic N) is 3. The van der Waals surface area contributed by atoms with Crippen LogP contribution in [-0.2, 0) is 17.8 Å². The first-order chi connectivity index (χ1) is 8.30. The number of rotatable bonds is 9. The van der Waals surface area contributed by atoms with Crippen LogP contribution in [-0.4, -0.2) is 58.2 Å². The lowest BCUT2D eigenvalue weighted by molar-refractivity contribution is 0.128. The Kier molecular flexibility index (Phi) is 6.71. The smallest absolute Gasteiger partial charge is 0.0964 e. The molecule has 1 unspecified atom stereocenters. The number of aryl methyl sites for hydroxylation is 1. The summed E-state index contributed by atoms with van der Waals surface area (Å²) in [5.41, 5.74) is 0.803. The van der Waals surface area contributed by atoms with Gasteiger partial charge < -0.3 is 20.3 Å². The normalized spacial score (nSPS) is 12.9. The monoisotopic (exact) mass is 244 g/mol. The molecule has 0 aromatic carbocycles. The molecule has 1 aromatic heterocycles. The highest BCUT2D eigenvalue weighted by molar-refractivity contribution is 4.92. The average Bonchev–Trinajstić information content (AvgIpc) is 2.80. The zero-order valence-corrected chi connectivity index (χ0v) is 10.0. The first kappa shape index (κ1) is 14.0. The molecular formula is C10H20N4O3. The van der Waals surface area contributed by atoms with E-state index in [0.717, 1.165) is 5.69 Å². The average molecular weight is 244 g/mol. The van der Waals surface area contributed by atoms with Gasteiger partial charge in [-0.3, -0.25) is 4.68 Å². The summed E-state index contributed by atoms with van der Waals surface area (Å²) in [7, 11) is 1.59. The van der Waals surface area contributed by atoms with Gasteiger partial charge in [0.05, 0.1) is 24.9 Å². The number of methoxy groups -OCH3 is 1. The first-order valence-corrected chi connectivity index (χ1v) is 5.63. The van der Waals surface area contributed by atoms with Crippen molar-refractivity contribution in [3.05, 3.63) is 11.9 Å². The molecule has 0 saturated carbocycles. The Labute approximate surface area is 100 Å². The Bertz CT molecular complexity index is 305. The Morgan fingerprint density at radius 2 is 2.35 bits per heavy atom. The van der Waals surface area contributed by atoms with Crippen molar-refractivity contribution in [3.63, 3.8) is 0 Å². The van der Waals surface area contributed by atoms with Crippen molar-refractivity contribution < 1.29 is 14.9 Å². The molecular weight excluding hydrogens is 224 g/mol. The van der Waals surface area contributed by atoms with Crippen molar-refractivity contribution in [1.82, 2.24) is 20.3 Å². The van der Waals surface area contributed by atoms with Crippen LogP contribution in [0.15, 0.2) is 6.20 Å². The van der Waals surface area contributed by atoms with E-state index in [1.165, 1.54) is 0 Å². The molecule has 0 spiro atoms. The molecule has 0 aliphatic heterocycles. The fourth-order valence-corrected chi connectivity index (χ4v) is 1.39. The van der Waals surface area contributed by atoms with Crippen LogP contribution in [0, 0.1) is 0 Å². The topological polar surface area (TPSA) is 92.4 Å². The second kappa shape index (κ2) is 8.13. The van der Waals surface area contributed by atoms with Crippen molar-refractivity contribution in [2.24, 2.45) is 0 Å². The van der Waals surface area contributed by atoms with Gasteiger partial charge in [-0.2, -0.15) is 0 Å². The van der Waals surface area contributed by atoms with Crippen molar-refractivity contribution in [2.45, 2.75) is 25.6 Å². The van der Waals surface area contributed by atoms with Crippen LogP contribution >= 0.6 is 0 Å². The standard InChI is InChI=1S/C10H20N4O3/c1-17-8-10(7-16)11-5-9-6-14(13-12-9)3-2-4-15/h6,10-11,15-16H,2-5,7-8H2,1H3. The number of aromatic nitrogens is 3. The summed E-state index contributed by atoms with van der Waals surface area (Å²) in [6, 6.07) is -0.0948. The van der Waals surface area contributed by atoms with Crippen molar-refractivity contribution in [3.8, 4) is 0 Å². The van der Waals surface area contributed by atoms with Gasteiger partial charge in [0.15, 0.2) is 0 Å². The molecule has 98 valence electrons. The molecule has 1 heterocycles. The van der Waals surface area contributed by atoms with Crippen LogP contribution in [0.4, 0.5) is 0 Å². The van der Waals surface area contributed by atoms with Crippen LogP contribution in [0.25, 0.3) is 0 Å². The summed E-state index contributed by atoms with van der Waals surface area (Å²) in [5.74, 6) is 0. The van der Waals surface area contributed by atoms with Gasteiger partial charge in [-0.05, 0) is 6.42 Å². The van der Waals surface area contributed by atoms with Gasteiger partial charge in [-0.1, -0.05) is 5.21 Å². The zero-order valence-electron chi connectivity index (χ0n) is 10.0. The summed E-state index contributed by atoms with van der Waals surface area (Å²) >= 11 is 0. The zero-order chi connectivity index (χ0) is 12.5. The van der Waals surface area contributed by atoms with E-state index in [0.29, 0.717) is 26.1 Å². The van der Waals surface area contributed by atoms with Crippen molar-refractivity contribution in [2.75, 3.05) is 26.9 Å². The minimum absolute atomic E-state index is 0.0203. The van der Waals surface area contributed by atoms with Crippen LogP contribution in [0.5, 0.6) is 0 Å². The second-order valence-electron chi connectivity index (χ2n) is 3.77. The van der Waals surface area contributed by atoms with Gasteiger partial charge in [-0.15, -0.1) is 5.10 Å². The quantitative estimate of drug-likeness (QED) is 0.503. The summed E-state index contributed by atoms with van der Waals surface area (Å²) < 4.78 is 6.64. The van der Waals surface area contributed by atoms with Gasteiger partial charge in [0.1, 0.15) is 0 Å². The summed E-state index contributed by atoms with van der Waals surface area (Å²) in [4.78, 5) is 0. The first-order valence-electron chi connectivity index (χ1n) is 5.63. The summed E-state index contributed by atoms with van der Waals surface area (Å²) in [6.07, 6.45) is 2.49. The van der Waals surface area contributed by atoms with Crippen LogP contribution < -0.4 is 5.32 Å². The van der Waals surface area contributed by atoms with E-state index in [2.05, 4.69) is 15.6 Å². The number of hydrogen-bond acceptors (Lipinski definition) is 6. The SMILES string of the molecule is COCC(CO)NCc1cn(CCCO)nn1. The number of aliphatic hydroxyl groups is 2. The molecule has 0 bridgehead atoms. The van der Waals surface area contributed by atoms with Gasteiger partial charge in [0.25, 0.3) is 0 Å². The maximum Gasteiger partial charge on any atom is 0.0964 e. The van der Waals surface area contributed by atoms with Gasteiger partial charge >= 0.3 is 0 Å². The molecule has 0 aliphatic rings. The Balaban J connectivity index is 2.32. The van der Waals surface area contributed by atoms with E-state index >= 15 is 0 Å². The van der Waals surface area contributed by atoms with Gasteiger partial charge in [0, 0.05) is 33.0 Å². The molecule has 7 heteroatoms. The molecule has 1 aromatic rings. The minimum Gasteiger partial charge on any atom is -0.396 e. The molecule has 3 N–H and O–H groups in total. The molecule has 0 radical (unpaired) electrons. The lowest BCUT2D eigenvalue weighted by Crippen LogP contribution is -2.36. The molecule has 0 saturated heterocycles. The predicted molar refractivity (Wildman–Crippen MR) is 61.3 cm³/mol. The second-order valence-corrected chi connectivity index (χ2v) is 3.77. The van der Waals surface area contributed by atoms with Crippen LogP contribution in [0.1, 0.15) is 12.1 Å². The predicted octanol–water partition coefficient (Wildman–Crippen LogP) is -1.24.